The van der Waals surface area contributed by atoms with Crippen LogP contribution in [0.25, 0.3) is 0 Å². The molecule has 15 heavy (non-hydrogen) atoms. The van der Waals surface area contributed by atoms with E-state index in [0.29, 0.717) is 12.3 Å². The molecule has 0 saturated heterocycles. The number of allylic oxidation sites excluding steroid dienone is 4. The van der Waals surface area contributed by atoms with Gasteiger partial charge in [-0.05, 0) is 25.3 Å². The largest absolute Gasteiger partial charge is 0.295 e. The zero-order valence-corrected chi connectivity index (χ0v) is 10.5. The second-order valence-electron chi connectivity index (χ2n) is 4.35. The summed E-state index contributed by atoms with van der Waals surface area (Å²) in [7, 11) is 0. The van der Waals surface area contributed by atoms with Crippen LogP contribution in [-0.2, 0) is 4.79 Å². The molecule has 0 heterocycles. The lowest BCUT2D eigenvalue weighted by atomic mass is 10.0. The van der Waals surface area contributed by atoms with Gasteiger partial charge in [-0.2, -0.15) is 0 Å². The van der Waals surface area contributed by atoms with Crippen molar-refractivity contribution < 1.29 is 4.79 Å². The summed E-state index contributed by atoms with van der Waals surface area (Å²) in [5.74, 6) is 0.807. The highest BCUT2D eigenvalue weighted by atomic mass is 16.1. The van der Waals surface area contributed by atoms with E-state index in [1.807, 2.05) is 12.2 Å². The minimum absolute atomic E-state index is 0.247. The fourth-order valence-corrected chi connectivity index (χ4v) is 1.13. The summed E-state index contributed by atoms with van der Waals surface area (Å²) in [5, 5.41) is 0. The lowest BCUT2D eigenvalue weighted by molar-refractivity contribution is -0.114. The molecule has 0 atom stereocenters. The number of carbonyl (C=O) groups excluding carboxylic acids is 1. The summed E-state index contributed by atoms with van der Waals surface area (Å²) in [6, 6.07) is 0. The number of carbonyl (C=O) groups is 1. The van der Waals surface area contributed by atoms with Crippen molar-refractivity contribution >= 4 is 5.78 Å². The molecule has 0 aromatic heterocycles. The maximum Gasteiger partial charge on any atom is 0.155 e. The van der Waals surface area contributed by atoms with Gasteiger partial charge in [0.25, 0.3) is 0 Å². The zero-order chi connectivity index (χ0) is 11.7. The van der Waals surface area contributed by atoms with Gasteiger partial charge in [-0.3, -0.25) is 4.79 Å². The topological polar surface area (TPSA) is 17.1 Å². The van der Waals surface area contributed by atoms with E-state index in [2.05, 4.69) is 27.7 Å². The highest BCUT2D eigenvalue weighted by Gasteiger charge is 1.96. The number of ketones is 1. The fraction of sp³-hybridized carbons (Fsp3) is 0.643. The Hall–Kier alpha value is -0.850. The van der Waals surface area contributed by atoms with Gasteiger partial charge in [0, 0.05) is 6.42 Å². The molecule has 0 spiro atoms. The molecule has 0 aromatic rings. The SMILES string of the molecule is CCCCCC(=O)/C=C/C=C(/C)C(C)C. The third kappa shape index (κ3) is 8.17. The molecule has 1 heteroatoms. The summed E-state index contributed by atoms with van der Waals surface area (Å²) in [4.78, 5) is 11.4. The lowest BCUT2D eigenvalue weighted by Gasteiger charge is -2.01. The Kier molecular flexibility index (Phi) is 7.98. The van der Waals surface area contributed by atoms with Crippen molar-refractivity contribution in [1.82, 2.24) is 0 Å². The summed E-state index contributed by atoms with van der Waals surface area (Å²) in [6.45, 7) is 8.55. The second-order valence-corrected chi connectivity index (χ2v) is 4.35. The molecular formula is C14H24O. The number of unbranched alkanes of at least 4 members (excludes halogenated alkanes) is 2. The minimum Gasteiger partial charge on any atom is -0.295 e. The maximum absolute atomic E-state index is 11.4. The summed E-state index contributed by atoms with van der Waals surface area (Å²) >= 11 is 0. The van der Waals surface area contributed by atoms with Gasteiger partial charge in [-0.25, -0.2) is 0 Å². The first-order chi connectivity index (χ1) is 7.07. The molecule has 0 fully saturated rings. The highest BCUT2D eigenvalue weighted by Crippen LogP contribution is 2.07. The third-order valence-electron chi connectivity index (χ3n) is 2.58. The van der Waals surface area contributed by atoms with Gasteiger partial charge in [0.2, 0.25) is 0 Å². The van der Waals surface area contributed by atoms with E-state index in [9.17, 15) is 4.79 Å². The van der Waals surface area contributed by atoms with E-state index in [1.165, 1.54) is 12.0 Å². The molecule has 0 N–H and O–H groups in total. The predicted octanol–water partition coefficient (Wildman–Crippen LogP) is 4.29. The molecule has 1 nitrogen and oxygen atoms in total. The lowest BCUT2D eigenvalue weighted by Crippen LogP contribution is -1.92. The predicted molar refractivity (Wildman–Crippen MR) is 66.9 cm³/mol. The van der Waals surface area contributed by atoms with Crippen molar-refractivity contribution in [3.8, 4) is 0 Å². The molecular weight excluding hydrogens is 184 g/mol. The molecule has 0 rings (SSSR count). The van der Waals surface area contributed by atoms with Crippen LogP contribution < -0.4 is 0 Å². The monoisotopic (exact) mass is 208 g/mol. The Bertz CT molecular complexity index is 234. The highest BCUT2D eigenvalue weighted by molar-refractivity contribution is 5.89. The van der Waals surface area contributed by atoms with Crippen LogP contribution in [0.5, 0.6) is 0 Å². The molecule has 0 aliphatic heterocycles. The molecule has 0 amide bonds. The first-order valence-corrected chi connectivity index (χ1v) is 5.95. The first kappa shape index (κ1) is 14.2. The number of rotatable bonds is 7. The number of hydrogen-bond acceptors (Lipinski definition) is 1. The van der Waals surface area contributed by atoms with E-state index >= 15 is 0 Å². The second kappa shape index (κ2) is 8.46. The van der Waals surface area contributed by atoms with Crippen LogP contribution in [0.1, 0.15) is 53.4 Å². The Balaban J connectivity index is 3.86. The molecule has 0 bridgehead atoms. The Morgan fingerprint density at radius 3 is 2.47 bits per heavy atom. The fourth-order valence-electron chi connectivity index (χ4n) is 1.13. The average molecular weight is 208 g/mol. The van der Waals surface area contributed by atoms with Gasteiger partial charge in [0.05, 0.1) is 0 Å². The van der Waals surface area contributed by atoms with Crippen molar-refractivity contribution in [2.75, 3.05) is 0 Å². The van der Waals surface area contributed by atoms with Gasteiger partial charge in [0.1, 0.15) is 0 Å². The van der Waals surface area contributed by atoms with E-state index in [0.717, 1.165) is 12.8 Å². The van der Waals surface area contributed by atoms with E-state index in [4.69, 9.17) is 0 Å². The van der Waals surface area contributed by atoms with Gasteiger partial charge < -0.3 is 0 Å². The Labute approximate surface area is 94.3 Å². The van der Waals surface area contributed by atoms with Crippen molar-refractivity contribution in [1.29, 1.82) is 0 Å². The van der Waals surface area contributed by atoms with Crippen molar-refractivity contribution in [3.05, 3.63) is 23.8 Å². The molecule has 0 saturated carbocycles. The summed E-state index contributed by atoms with van der Waals surface area (Å²) in [5.41, 5.74) is 1.31. The molecule has 0 aromatic carbocycles. The summed E-state index contributed by atoms with van der Waals surface area (Å²) in [6.07, 6.45) is 9.64. The average Bonchev–Trinajstić information content (AvgIpc) is 2.18. The Morgan fingerprint density at radius 2 is 1.93 bits per heavy atom. The van der Waals surface area contributed by atoms with E-state index < -0.39 is 0 Å². The van der Waals surface area contributed by atoms with Gasteiger partial charge in [-0.1, -0.05) is 51.3 Å². The van der Waals surface area contributed by atoms with Crippen molar-refractivity contribution in [2.24, 2.45) is 5.92 Å². The number of hydrogen-bond donors (Lipinski definition) is 0. The smallest absolute Gasteiger partial charge is 0.155 e. The molecule has 0 aliphatic rings. The normalized spacial score (nSPS) is 12.7. The van der Waals surface area contributed by atoms with Crippen LogP contribution in [0.3, 0.4) is 0 Å². The maximum atomic E-state index is 11.4. The Morgan fingerprint density at radius 1 is 1.27 bits per heavy atom. The van der Waals surface area contributed by atoms with E-state index in [1.54, 1.807) is 6.08 Å². The zero-order valence-electron chi connectivity index (χ0n) is 10.5. The van der Waals surface area contributed by atoms with Gasteiger partial charge in [-0.15, -0.1) is 0 Å². The van der Waals surface area contributed by atoms with Crippen LogP contribution in [0.2, 0.25) is 0 Å². The van der Waals surface area contributed by atoms with Gasteiger partial charge >= 0.3 is 0 Å². The molecule has 0 unspecified atom stereocenters. The molecule has 0 radical (unpaired) electrons. The van der Waals surface area contributed by atoms with Crippen LogP contribution in [0.4, 0.5) is 0 Å². The van der Waals surface area contributed by atoms with Crippen LogP contribution in [0.15, 0.2) is 23.8 Å². The standard InChI is InChI=1S/C14H24O/c1-5-6-7-10-14(15)11-8-9-13(4)12(2)3/h8-9,11-12H,5-7,10H2,1-4H3/b11-8+,13-9-. The third-order valence-corrected chi connectivity index (χ3v) is 2.58. The van der Waals surface area contributed by atoms with Crippen LogP contribution in [-0.4, -0.2) is 5.78 Å². The summed E-state index contributed by atoms with van der Waals surface area (Å²) < 4.78 is 0. The molecule has 0 aliphatic carbocycles. The van der Waals surface area contributed by atoms with Gasteiger partial charge in [0.15, 0.2) is 5.78 Å². The van der Waals surface area contributed by atoms with Crippen molar-refractivity contribution in [3.63, 3.8) is 0 Å². The van der Waals surface area contributed by atoms with Crippen LogP contribution >= 0.6 is 0 Å². The first-order valence-electron chi connectivity index (χ1n) is 5.95. The van der Waals surface area contributed by atoms with Crippen LogP contribution in [0, 0.1) is 5.92 Å². The van der Waals surface area contributed by atoms with E-state index in [-0.39, 0.29) is 5.78 Å². The van der Waals surface area contributed by atoms with Crippen molar-refractivity contribution in [2.45, 2.75) is 53.4 Å². The quantitative estimate of drug-likeness (QED) is 0.346. The molecule has 86 valence electrons. The minimum atomic E-state index is 0.247.